The average Bonchev–Trinajstić information content (AvgIpc) is 1.62. The Morgan fingerprint density at radius 3 is 1.24 bits per heavy atom. The molecule has 137 heavy (non-hydrogen) atoms. The zero-order chi connectivity index (χ0) is 95.7. The van der Waals surface area contributed by atoms with Crippen LogP contribution >= 0.6 is 37.2 Å². The number of nitrogens with zero attached hydrogens (tertiary/aromatic N) is 1. The van der Waals surface area contributed by atoms with Crippen LogP contribution in [0.4, 0.5) is 4.79 Å². The molecule has 6 aliphatic heterocycles. The number of ether oxygens (including phenoxy) is 19. The molecule has 2 saturated carbocycles. The third kappa shape index (κ3) is 28.3. The van der Waals surface area contributed by atoms with Gasteiger partial charge in [0.05, 0.1) is 67.6 Å². The Kier molecular flexibility index (Phi) is 47.5. The fraction of sp³-hybridized carbons (Fsp3) is 0.550. The number of aryl methyl sites for hydroxylation is 5. The van der Waals surface area contributed by atoms with Crippen LogP contribution in [-0.4, -0.2) is 177 Å². The zero-order valence-corrected chi connectivity index (χ0v) is 83.3. The van der Waals surface area contributed by atoms with Crippen molar-refractivity contribution in [3.05, 3.63) is 232 Å². The number of benzene rings is 5. The minimum atomic E-state index is -0.902. The van der Waals surface area contributed by atoms with Crippen LogP contribution in [0.3, 0.4) is 0 Å². The van der Waals surface area contributed by atoms with E-state index in [2.05, 4.69) is 174 Å². The van der Waals surface area contributed by atoms with Crippen LogP contribution < -0.4 is 23.7 Å². The molecule has 11 aliphatic rings. The van der Waals surface area contributed by atoms with Gasteiger partial charge in [-0.3, -0.25) is 28.8 Å². The minimum absolute atomic E-state index is 0. The van der Waals surface area contributed by atoms with E-state index < -0.39 is 40.6 Å². The summed E-state index contributed by atoms with van der Waals surface area (Å²) >= 11 is 4.24. The van der Waals surface area contributed by atoms with Crippen molar-refractivity contribution in [3.63, 3.8) is 0 Å². The van der Waals surface area contributed by atoms with E-state index in [4.69, 9.17) is 91.8 Å². The number of ketones is 4. The summed E-state index contributed by atoms with van der Waals surface area (Å²) in [4.78, 5) is 72.8. The van der Waals surface area contributed by atoms with Crippen molar-refractivity contribution in [3.8, 4) is 28.7 Å². The van der Waals surface area contributed by atoms with Crippen molar-refractivity contribution in [1.82, 2.24) is 0 Å². The summed E-state index contributed by atoms with van der Waals surface area (Å²) in [5.74, 6) is 5.59. The van der Waals surface area contributed by atoms with Crippen LogP contribution in [-0.2, 0) is 122 Å². The lowest BCUT2D eigenvalue weighted by Crippen LogP contribution is -2.55. The quantitative estimate of drug-likeness (QED) is 0.0155. The van der Waals surface area contributed by atoms with Crippen LogP contribution in [0.25, 0.3) is 4.85 Å². The summed E-state index contributed by atoms with van der Waals surface area (Å²) in [5.41, 5.74) is 9.21. The molecule has 4 unspecified atom stereocenters. The number of Topliss-reactive ketones (excluding diaryl/α,β-unsaturated/α-hetero) is 1. The summed E-state index contributed by atoms with van der Waals surface area (Å²) in [5, 5.41) is 0. The monoisotopic (exact) mass is 2130 g/mol. The maximum Gasteiger partial charge on any atom is 0.561 e. The topological polar surface area (TPSA) is 282 Å². The Balaban J connectivity index is 0.000000293. The molecule has 5 aliphatic carbocycles. The van der Waals surface area contributed by atoms with E-state index in [1.807, 2.05) is 52.8 Å². The minimum Gasteiger partial charge on any atom is -0.496 e. The number of carbonyl (C=O) groups is 6. The lowest BCUT2D eigenvalue weighted by atomic mass is 9.70. The maximum absolute atomic E-state index is 12.4. The highest BCUT2D eigenvalue weighted by atomic mass is 128. The Hall–Kier alpha value is -8.85. The van der Waals surface area contributed by atoms with Gasteiger partial charge in [0.1, 0.15) is 112 Å². The molecule has 0 bridgehead atoms. The molecule has 1 spiro atoms. The molecule has 0 radical (unpaired) electrons. The first kappa shape index (κ1) is 119. The summed E-state index contributed by atoms with van der Waals surface area (Å²) in [6.07, 6.45) is 19.7. The van der Waals surface area contributed by atoms with Gasteiger partial charge in [-0.1, -0.05) is 164 Å². The van der Waals surface area contributed by atoms with Crippen LogP contribution in [0.15, 0.2) is 164 Å². The summed E-state index contributed by atoms with van der Waals surface area (Å²) in [6, 6.07) is 31.4. The number of halogens is 2. The number of amides is 1. The molecule has 26 nitrogen and oxygen atoms in total. The molecule has 5 aromatic carbocycles. The molecule has 6 heterocycles. The van der Waals surface area contributed by atoms with Crippen molar-refractivity contribution in [1.29, 1.82) is 0 Å². The second kappa shape index (κ2) is 54.8. The second-order valence-electron chi connectivity index (χ2n) is 35.6. The Morgan fingerprint density at radius 1 is 0.445 bits per heavy atom. The number of methoxy groups -OCH3 is 5. The van der Waals surface area contributed by atoms with Gasteiger partial charge in [-0.2, -0.15) is 4.85 Å². The van der Waals surface area contributed by atoms with Crippen molar-refractivity contribution in [2.24, 2.45) is 41.4 Å². The molecule has 0 aromatic heterocycles. The number of fused-ring (bicyclic) bond motifs is 5. The standard InChI is InChI=1S/C22H26O6.C21H26O4.C20H28O5.C18H24O4.C18H22O4.C5H5NO2.5CH4.I2/c1-5-8-26-21(24)17-12-22(20(11-18(17)23)27-13-28-22)15(3)9-16-7-6-14(2)19(10-16)25-4;1-5-6-17-12-21(20(11-18(17)22)24-13-25-21)15(3)9-16-8-7-14(2)19(10-16)23-4;1-14-4-5-16(11-17(14)21-3)10-15(2)20-7-6-19(23-8-9-24-19)12-18(20)22-13-25-20;2*1-12-4-5-14(9-16(12)20-3)8-13(2)18-7-6-15(19)10-17(18)21-11-22-18;1-3-4-8-5(7)6-2;;;;;;1-2/h5-7,10-11,15,17H,1,8-9,12-13H2,2-4H3;5,7-8,10-11,15,17H,1,6,9,12-13H2,2-4H3;4-5,11,15,18H,6-10,12-13H2,1-3H3;4-5,9,13,17H,6-8,10-11H2,1-3H3;4-5,9-10,13H,6-8,11H2,1-3H3;3H,1,4H2;5*1H4;/t15?,17-,22-;15-,17-,21+;15?,18-,20-;13?,17-,18-;13?,18-;;;;;;;/m10111......./s1. The molecular formula is C109H151I2NO25. The predicted molar refractivity (Wildman–Crippen MR) is 547 cm³/mol. The van der Waals surface area contributed by atoms with E-state index in [0.29, 0.717) is 101 Å². The number of carbonyl (C=O) groups excluding carboxylic acids is 6. The first-order valence-electron chi connectivity index (χ1n) is 45.1. The zero-order valence-electron chi connectivity index (χ0n) is 79.0. The van der Waals surface area contributed by atoms with Crippen LogP contribution in [0.1, 0.15) is 198 Å². The molecule has 6 saturated heterocycles. The largest absolute Gasteiger partial charge is 0.561 e. The van der Waals surface area contributed by atoms with Gasteiger partial charge in [-0.25, -0.2) is 0 Å². The number of esters is 1. The van der Waals surface area contributed by atoms with Gasteiger partial charge in [0.15, 0.2) is 43.5 Å². The van der Waals surface area contributed by atoms with Crippen molar-refractivity contribution in [2.75, 3.05) is 95.9 Å². The molecule has 756 valence electrons. The van der Waals surface area contributed by atoms with Crippen LogP contribution in [0.2, 0.25) is 0 Å². The molecule has 14 atom stereocenters. The molecule has 1 amide bonds. The smallest absolute Gasteiger partial charge is 0.496 e. The SMILES string of the molecule is C.C.C.C.C.C=CCOC(=O)[C@@H]1C[C@]2(C(C)Cc3ccc(C)c(OC)c3)OCOC2=CC1=O.C=CC[C@H]1C[C@]2([C@@H](C)Cc3ccc(C)c(OC)c3)OCOC2=CC1=O.COc1cc(CC(C)[C@]23CCC(=O)C=C2OCO3)ccc1C.COc1cc(CC(C)[C@]23CCC(=O)C[C@H]2OCO3)ccc1C.COc1cc(CC(C)[C@]23CCC4(C[C@H]2OCO3)OCCO4)ccc1C.II.[C-]#[N+]C(=O)OCC=C. The Bertz CT molecular complexity index is 5010. The fourth-order valence-corrected chi connectivity index (χ4v) is 19.9. The van der Waals surface area contributed by atoms with Gasteiger partial charge in [0.25, 0.3) is 0 Å². The average molecular weight is 2130 g/mol. The maximum atomic E-state index is 12.4. The van der Waals surface area contributed by atoms with Gasteiger partial charge in [0.2, 0.25) is 0 Å². The van der Waals surface area contributed by atoms with Crippen molar-refractivity contribution in [2.45, 2.75) is 255 Å². The molecular weight excluding hydrogens is 1980 g/mol. The first-order valence-corrected chi connectivity index (χ1v) is 51.4. The third-order valence-electron chi connectivity index (χ3n) is 27.5. The highest BCUT2D eigenvalue weighted by Crippen LogP contribution is 2.53. The molecule has 16 rings (SSSR count). The molecule has 5 aromatic rings. The fourth-order valence-electron chi connectivity index (χ4n) is 19.9. The second-order valence-corrected chi connectivity index (χ2v) is 35.6. The first-order chi connectivity index (χ1) is 63.4. The summed E-state index contributed by atoms with van der Waals surface area (Å²) in [7, 11) is 8.45. The number of rotatable bonds is 27. The van der Waals surface area contributed by atoms with Gasteiger partial charge in [-0.15, -0.1) is 6.58 Å². The number of hydrogen-bond donors (Lipinski definition) is 0. The van der Waals surface area contributed by atoms with E-state index in [1.54, 1.807) is 53.8 Å². The highest BCUT2D eigenvalue weighted by molar-refractivity contribution is 15.0. The van der Waals surface area contributed by atoms with E-state index in [1.165, 1.54) is 40.5 Å². The third-order valence-corrected chi connectivity index (χ3v) is 27.5. The lowest BCUT2D eigenvalue weighted by molar-refractivity contribution is -0.220. The van der Waals surface area contributed by atoms with E-state index >= 15 is 0 Å². The highest BCUT2D eigenvalue weighted by Gasteiger charge is 2.60. The van der Waals surface area contributed by atoms with Crippen molar-refractivity contribution >= 4 is 72.4 Å². The Labute approximate surface area is 838 Å². The predicted octanol–water partition coefficient (Wildman–Crippen LogP) is 22.7. The van der Waals surface area contributed by atoms with Crippen molar-refractivity contribution < 1.29 is 119 Å². The van der Waals surface area contributed by atoms with Crippen LogP contribution in [0.5, 0.6) is 28.7 Å². The van der Waals surface area contributed by atoms with Gasteiger partial charge >= 0.3 is 12.1 Å². The van der Waals surface area contributed by atoms with Gasteiger partial charge < -0.3 is 90.0 Å². The van der Waals surface area contributed by atoms with Gasteiger partial charge in [0, 0.05) is 99.9 Å². The molecule has 8 fully saturated rings. The number of allylic oxidation sites excluding steroid dienone is 4. The number of hydrogen-bond acceptors (Lipinski definition) is 25. The van der Waals surface area contributed by atoms with E-state index in [-0.39, 0.29) is 147 Å². The molecule has 0 N–H and O–H groups in total. The van der Waals surface area contributed by atoms with E-state index in [9.17, 15) is 28.8 Å². The summed E-state index contributed by atoms with van der Waals surface area (Å²) < 4.78 is 107. The Morgan fingerprint density at radius 2 is 0.825 bits per heavy atom. The normalized spacial score (nSPS) is 24.9. The lowest BCUT2D eigenvalue weighted by Gasteiger charge is -2.46. The van der Waals surface area contributed by atoms with Gasteiger partial charge in [-0.05, 0) is 214 Å². The van der Waals surface area contributed by atoms with Crippen LogP contribution in [0, 0.1) is 82.6 Å². The van der Waals surface area contributed by atoms with E-state index in [0.717, 1.165) is 113 Å². The summed E-state index contributed by atoms with van der Waals surface area (Å²) in [6.45, 7) is 40.4. The molecule has 28 heteroatoms.